The van der Waals surface area contributed by atoms with Gasteiger partial charge in [-0.1, -0.05) is 36.7 Å². The molecule has 152 valence electrons. The van der Waals surface area contributed by atoms with Crippen LogP contribution in [0.25, 0.3) is 10.1 Å². The van der Waals surface area contributed by atoms with E-state index in [0.717, 1.165) is 10.1 Å². The Bertz CT molecular complexity index is 1000. The van der Waals surface area contributed by atoms with Crippen LogP contribution in [0.1, 0.15) is 36.4 Å². The molecular formula is C19H22ClNO5S2. The lowest BCUT2D eigenvalue weighted by Gasteiger charge is -2.33. The molecule has 1 aromatic carbocycles. The fourth-order valence-corrected chi connectivity index (χ4v) is 6.53. The van der Waals surface area contributed by atoms with Crippen LogP contribution < -0.4 is 0 Å². The Balaban J connectivity index is 1.71. The van der Waals surface area contributed by atoms with Crippen LogP contribution in [0.3, 0.4) is 0 Å². The zero-order chi connectivity index (χ0) is 20.5. The molecule has 28 heavy (non-hydrogen) atoms. The second kappa shape index (κ2) is 8.39. The molecule has 2 unspecified atom stereocenters. The second-order valence-electron chi connectivity index (χ2n) is 6.93. The van der Waals surface area contributed by atoms with E-state index in [1.165, 1.54) is 11.3 Å². The molecule has 3 rings (SSSR count). The largest absolute Gasteiger partial charge is 0.451 e. The number of rotatable bonds is 6. The number of amides is 1. The lowest BCUT2D eigenvalue weighted by Crippen LogP contribution is -2.48. The summed E-state index contributed by atoms with van der Waals surface area (Å²) in [6, 6.07) is 6.85. The summed E-state index contributed by atoms with van der Waals surface area (Å²) >= 11 is 7.50. The van der Waals surface area contributed by atoms with Crippen molar-refractivity contribution < 1.29 is 22.7 Å². The minimum Gasteiger partial charge on any atom is -0.451 e. The number of esters is 1. The molecule has 1 amide bonds. The third-order valence-corrected chi connectivity index (χ3v) is 8.41. The van der Waals surface area contributed by atoms with Gasteiger partial charge in [0.1, 0.15) is 4.88 Å². The number of ether oxygens (including phenoxy) is 1. The third kappa shape index (κ3) is 4.34. The Kier molecular flexibility index (Phi) is 6.31. The van der Waals surface area contributed by atoms with Gasteiger partial charge in [-0.3, -0.25) is 4.79 Å². The van der Waals surface area contributed by atoms with E-state index in [4.69, 9.17) is 16.3 Å². The van der Waals surface area contributed by atoms with E-state index in [2.05, 4.69) is 0 Å². The number of fused-ring (bicyclic) bond motifs is 1. The normalized spacial score (nSPS) is 19.5. The van der Waals surface area contributed by atoms with Crippen molar-refractivity contribution in [3.05, 3.63) is 34.2 Å². The van der Waals surface area contributed by atoms with Crippen molar-refractivity contribution in [2.24, 2.45) is 0 Å². The number of thiophene rings is 1. The monoisotopic (exact) mass is 443 g/mol. The van der Waals surface area contributed by atoms with Gasteiger partial charge < -0.3 is 9.64 Å². The summed E-state index contributed by atoms with van der Waals surface area (Å²) in [5.74, 6) is -1.00. The first-order chi connectivity index (χ1) is 13.2. The first kappa shape index (κ1) is 21.1. The number of carbonyl (C=O) groups is 2. The van der Waals surface area contributed by atoms with Crippen molar-refractivity contribution in [2.75, 3.05) is 18.1 Å². The number of sulfone groups is 1. The predicted octanol–water partition coefficient (Wildman–Crippen LogP) is 3.53. The molecule has 6 nitrogen and oxygen atoms in total. The molecule has 2 heterocycles. The summed E-state index contributed by atoms with van der Waals surface area (Å²) in [6.45, 7) is 3.36. The topological polar surface area (TPSA) is 80.8 Å². The van der Waals surface area contributed by atoms with E-state index in [-0.39, 0.29) is 34.4 Å². The number of halogens is 1. The maximum Gasteiger partial charge on any atom is 0.350 e. The molecule has 2 atom stereocenters. The lowest BCUT2D eigenvalue weighted by atomic mass is 10.1. The highest BCUT2D eigenvalue weighted by atomic mass is 35.5. The van der Waals surface area contributed by atoms with Gasteiger partial charge in [0, 0.05) is 22.2 Å². The molecule has 0 spiro atoms. The van der Waals surface area contributed by atoms with Crippen molar-refractivity contribution in [2.45, 2.75) is 38.8 Å². The van der Waals surface area contributed by atoms with Gasteiger partial charge >= 0.3 is 5.97 Å². The van der Waals surface area contributed by atoms with Crippen molar-refractivity contribution in [3.8, 4) is 0 Å². The molecule has 0 saturated carbocycles. The highest BCUT2D eigenvalue weighted by Crippen LogP contribution is 2.35. The summed E-state index contributed by atoms with van der Waals surface area (Å²) in [5, 5.41) is 1.09. The Morgan fingerprint density at radius 1 is 1.36 bits per heavy atom. The quantitative estimate of drug-likeness (QED) is 0.638. The molecule has 0 N–H and O–H groups in total. The van der Waals surface area contributed by atoms with Gasteiger partial charge in [0.15, 0.2) is 16.4 Å². The van der Waals surface area contributed by atoms with Crippen LogP contribution in [0.5, 0.6) is 0 Å². The van der Waals surface area contributed by atoms with Crippen LogP contribution in [0.15, 0.2) is 24.3 Å². The molecule has 1 aromatic heterocycles. The van der Waals surface area contributed by atoms with E-state index in [1.807, 2.05) is 38.1 Å². The smallest absolute Gasteiger partial charge is 0.350 e. The summed E-state index contributed by atoms with van der Waals surface area (Å²) in [5.41, 5.74) is 0. The van der Waals surface area contributed by atoms with Crippen LogP contribution in [-0.4, -0.2) is 55.4 Å². The Morgan fingerprint density at radius 3 is 2.68 bits per heavy atom. The Morgan fingerprint density at radius 2 is 2.07 bits per heavy atom. The fraction of sp³-hybridized carbons (Fsp3) is 0.474. The molecule has 1 fully saturated rings. The molecule has 1 saturated heterocycles. The van der Waals surface area contributed by atoms with Crippen molar-refractivity contribution in [1.82, 2.24) is 4.90 Å². The molecule has 0 aliphatic carbocycles. The summed E-state index contributed by atoms with van der Waals surface area (Å²) in [7, 11) is -3.13. The molecule has 0 radical (unpaired) electrons. The first-order valence-corrected chi connectivity index (χ1v) is 12.1. The Labute approximate surface area is 173 Å². The lowest BCUT2D eigenvalue weighted by molar-refractivity contribution is -0.138. The van der Waals surface area contributed by atoms with Gasteiger partial charge in [-0.05, 0) is 25.8 Å². The minimum absolute atomic E-state index is 0.0425. The van der Waals surface area contributed by atoms with E-state index in [0.29, 0.717) is 17.9 Å². The minimum atomic E-state index is -3.13. The zero-order valence-corrected chi connectivity index (χ0v) is 18.1. The molecule has 1 aliphatic heterocycles. The summed E-state index contributed by atoms with van der Waals surface area (Å²) < 4.78 is 29.7. The van der Waals surface area contributed by atoms with E-state index >= 15 is 0 Å². The Hall–Kier alpha value is -1.64. The van der Waals surface area contributed by atoms with Gasteiger partial charge in [-0.25, -0.2) is 13.2 Å². The molecule has 0 bridgehead atoms. The highest BCUT2D eigenvalue weighted by Gasteiger charge is 2.37. The van der Waals surface area contributed by atoms with Crippen molar-refractivity contribution in [3.63, 3.8) is 0 Å². The molecule has 9 heteroatoms. The van der Waals surface area contributed by atoms with Gasteiger partial charge in [0.05, 0.1) is 16.5 Å². The van der Waals surface area contributed by atoms with E-state index < -0.39 is 22.4 Å². The average molecular weight is 444 g/mol. The standard InChI is InChI=1S/C19H22ClNO5S2/c1-3-12(2)21(13-8-9-28(24,25)11-13)16(22)10-26-19(23)18-17(20)14-6-4-5-7-15(14)27-18/h4-7,12-13H,3,8-11H2,1-2H3. The van der Waals surface area contributed by atoms with Gasteiger partial charge in [-0.15, -0.1) is 11.3 Å². The van der Waals surface area contributed by atoms with Crippen LogP contribution in [-0.2, 0) is 19.4 Å². The van der Waals surface area contributed by atoms with Crippen molar-refractivity contribution in [1.29, 1.82) is 0 Å². The molecule has 1 aliphatic rings. The second-order valence-corrected chi connectivity index (χ2v) is 10.6. The number of hydrogen-bond acceptors (Lipinski definition) is 6. The SMILES string of the molecule is CCC(C)N(C(=O)COC(=O)c1sc2ccccc2c1Cl)C1CCS(=O)(=O)C1. The van der Waals surface area contributed by atoms with E-state index in [1.54, 1.807) is 4.90 Å². The first-order valence-electron chi connectivity index (χ1n) is 9.09. The summed E-state index contributed by atoms with van der Waals surface area (Å²) in [6.07, 6.45) is 1.09. The van der Waals surface area contributed by atoms with Crippen LogP contribution in [0.2, 0.25) is 5.02 Å². The number of carbonyl (C=O) groups excluding carboxylic acids is 2. The highest BCUT2D eigenvalue weighted by molar-refractivity contribution is 7.91. The number of benzene rings is 1. The van der Waals surface area contributed by atoms with Crippen LogP contribution >= 0.6 is 22.9 Å². The van der Waals surface area contributed by atoms with Gasteiger partial charge in [0.25, 0.3) is 5.91 Å². The maximum atomic E-state index is 12.8. The zero-order valence-electron chi connectivity index (χ0n) is 15.7. The maximum absolute atomic E-state index is 12.8. The molecular weight excluding hydrogens is 422 g/mol. The number of nitrogens with zero attached hydrogens (tertiary/aromatic N) is 1. The average Bonchev–Trinajstić information content (AvgIpc) is 3.19. The van der Waals surface area contributed by atoms with Crippen LogP contribution in [0.4, 0.5) is 0 Å². The number of hydrogen-bond donors (Lipinski definition) is 0. The van der Waals surface area contributed by atoms with Crippen LogP contribution in [0, 0.1) is 0 Å². The van der Waals surface area contributed by atoms with Gasteiger partial charge in [0.2, 0.25) is 0 Å². The molecule has 2 aromatic rings. The van der Waals surface area contributed by atoms with E-state index in [9.17, 15) is 18.0 Å². The van der Waals surface area contributed by atoms with Gasteiger partial charge in [-0.2, -0.15) is 0 Å². The van der Waals surface area contributed by atoms with Crippen molar-refractivity contribution >= 4 is 54.7 Å². The third-order valence-electron chi connectivity index (χ3n) is 5.00. The summed E-state index contributed by atoms with van der Waals surface area (Å²) in [4.78, 5) is 27.0. The predicted molar refractivity (Wildman–Crippen MR) is 111 cm³/mol. The fourth-order valence-electron chi connectivity index (χ4n) is 3.41.